The summed E-state index contributed by atoms with van der Waals surface area (Å²) in [5, 5.41) is 6.61. The van der Waals surface area contributed by atoms with Gasteiger partial charge in [-0.15, -0.1) is 0 Å². The van der Waals surface area contributed by atoms with Crippen molar-refractivity contribution in [2.24, 2.45) is 0 Å². The molecule has 5 nitrogen and oxygen atoms in total. The Morgan fingerprint density at radius 3 is 2.27 bits per heavy atom. The molecule has 2 aromatic carbocycles. The summed E-state index contributed by atoms with van der Waals surface area (Å²) in [6.45, 7) is 5.63. The number of benzene rings is 2. The molecule has 0 spiro atoms. The smallest absolute Gasteiger partial charge is 0.277 e. The Morgan fingerprint density at radius 2 is 1.60 bits per heavy atom. The van der Waals surface area contributed by atoms with Gasteiger partial charge in [0.05, 0.1) is 17.3 Å². The van der Waals surface area contributed by atoms with E-state index in [-0.39, 0.29) is 17.5 Å². The molecule has 2 heterocycles. The van der Waals surface area contributed by atoms with E-state index in [1.807, 2.05) is 61.5 Å². The van der Waals surface area contributed by atoms with E-state index in [9.17, 15) is 9.59 Å². The lowest BCUT2D eigenvalue weighted by Gasteiger charge is -2.32. The molecular formula is C25H29N3O2. The van der Waals surface area contributed by atoms with Gasteiger partial charge in [0.15, 0.2) is 0 Å². The van der Waals surface area contributed by atoms with Gasteiger partial charge >= 0.3 is 0 Å². The molecule has 156 valence electrons. The van der Waals surface area contributed by atoms with E-state index in [0.717, 1.165) is 37.9 Å². The summed E-state index contributed by atoms with van der Waals surface area (Å²) in [4.78, 5) is 26.8. The number of nitrogens with zero attached hydrogens (tertiary/aromatic N) is 2. The lowest BCUT2D eigenvalue weighted by molar-refractivity contribution is 0.0935. The first-order chi connectivity index (χ1) is 14.6. The Hall–Kier alpha value is -3.08. The molecule has 0 bridgehead atoms. The molecule has 0 saturated carbocycles. The normalized spacial score (nSPS) is 15.2. The fourth-order valence-electron chi connectivity index (χ4n) is 4.50. The van der Waals surface area contributed by atoms with Crippen LogP contribution in [0.1, 0.15) is 60.3 Å². The first kappa shape index (κ1) is 20.2. The number of carbonyl (C=O) groups is 1. The van der Waals surface area contributed by atoms with Gasteiger partial charge in [0, 0.05) is 23.9 Å². The predicted octanol–water partition coefficient (Wildman–Crippen LogP) is 4.31. The zero-order valence-corrected chi connectivity index (χ0v) is 17.7. The zero-order valence-electron chi connectivity index (χ0n) is 17.7. The van der Waals surface area contributed by atoms with Crippen molar-refractivity contribution in [2.75, 3.05) is 18.1 Å². The van der Waals surface area contributed by atoms with Crippen molar-refractivity contribution in [1.82, 2.24) is 9.99 Å². The van der Waals surface area contributed by atoms with E-state index in [4.69, 9.17) is 0 Å². The summed E-state index contributed by atoms with van der Waals surface area (Å²) >= 11 is 0. The van der Waals surface area contributed by atoms with Gasteiger partial charge in [-0.1, -0.05) is 55.5 Å². The van der Waals surface area contributed by atoms with Crippen LogP contribution in [0.2, 0.25) is 0 Å². The number of nitrogens with one attached hydrogen (secondary N) is 1. The maximum absolute atomic E-state index is 13.5. The second kappa shape index (κ2) is 8.74. The number of hydrogen-bond acceptors (Lipinski definition) is 3. The molecule has 1 atom stereocenters. The standard InChI is InChI=1S/C25H29N3O2/c1-3-22(19-12-6-4-7-13-19)26-24(29)23-18(2)28(27-16-10-5-11-17-27)25(30)21-15-9-8-14-20(21)23/h4,6-9,12-15,22H,3,5,10-11,16-17H2,1-2H3,(H,26,29)/t22-/m0/s1. The van der Waals surface area contributed by atoms with Crippen molar-refractivity contribution in [3.63, 3.8) is 0 Å². The Morgan fingerprint density at radius 1 is 0.967 bits per heavy atom. The first-order valence-corrected chi connectivity index (χ1v) is 10.9. The third-order valence-electron chi connectivity index (χ3n) is 6.06. The molecule has 4 rings (SSSR count). The van der Waals surface area contributed by atoms with Crippen molar-refractivity contribution >= 4 is 16.7 Å². The third-order valence-corrected chi connectivity index (χ3v) is 6.06. The summed E-state index contributed by atoms with van der Waals surface area (Å²) in [7, 11) is 0. The number of piperidine rings is 1. The molecule has 0 radical (unpaired) electrons. The van der Waals surface area contributed by atoms with Crippen LogP contribution in [0.3, 0.4) is 0 Å². The number of carbonyl (C=O) groups excluding carboxylic acids is 1. The molecule has 1 fully saturated rings. The minimum Gasteiger partial charge on any atom is -0.345 e. The second-order valence-corrected chi connectivity index (χ2v) is 7.98. The summed E-state index contributed by atoms with van der Waals surface area (Å²) in [5.41, 5.74) is 2.34. The van der Waals surface area contributed by atoms with E-state index in [1.54, 1.807) is 4.68 Å². The lowest BCUT2D eigenvalue weighted by Crippen LogP contribution is -2.47. The van der Waals surface area contributed by atoms with E-state index in [2.05, 4.69) is 17.2 Å². The van der Waals surface area contributed by atoms with E-state index in [1.165, 1.54) is 6.42 Å². The monoisotopic (exact) mass is 403 g/mol. The van der Waals surface area contributed by atoms with Crippen molar-refractivity contribution in [3.05, 3.63) is 81.8 Å². The van der Waals surface area contributed by atoms with Crippen molar-refractivity contribution < 1.29 is 4.79 Å². The summed E-state index contributed by atoms with van der Waals surface area (Å²) < 4.78 is 1.74. The fourth-order valence-corrected chi connectivity index (χ4v) is 4.50. The number of rotatable bonds is 5. The van der Waals surface area contributed by atoms with Gasteiger partial charge in [-0.25, -0.2) is 4.68 Å². The van der Waals surface area contributed by atoms with Crippen LogP contribution in [0.4, 0.5) is 0 Å². The number of amides is 1. The van der Waals surface area contributed by atoms with E-state index < -0.39 is 0 Å². The van der Waals surface area contributed by atoms with Crippen LogP contribution >= 0.6 is 0 Å². The van der Waals surface area contributed by atoms with Crippen LogP contribution in [-0.4, -0.2) is 23.7 Å². The molecule has 3 aromatic rings. The zero-order chi connectivity index (χ0) is 21.1. The SMILES string of the molecule is CC[C@H](NC(=O)c1c(C)n(N2CCCCC2)c(=O)c2ccccc12)c1ccccc1. The molecule has 0 unspecified atom stereocenters. The van der Waals surface area contributed by atoms with Crippen LogP contribution in [-0.2, 0) is 0 Å². The van der Waals surface area contributed by atoms with Crippen LogP contribution in [0.5, 0.6) is 0 Å². The molecule has 0 aliphatic carbocycles. The number of hydrogen-bond donors (Lipinski definition) is 1. The van der Waals surface area contributed by atoms with Crippen molar-refractivity contribution in [1.29, 1.82) is 0 Å². The quantitative estimate of drug-likeness (QED) is 0.691. The van der Waals surface area contributed by atoms with Crippen LogP contribution in [0.15, 0.2) is 59.4 Å². The molecule has 1 saturated heterocycles. The van der Waals surface area contributed by atoms with Gasteiger partial charge < -0.3 is 10.3 Å². The highest BCUT2D eigenvalue weighted by atomic mass is 16.2. The topological polar surface area (TPSA) is 54.3 Å². The van der Waals surface area contributed by atoms with Crippen molar-refractivity contribution in [2.45, 2.75) is 45.6 Å². The summed E-state index contributed by atoms with van der Waals surface area (Å²) in [6, 6.07) is 17.4. The highest BCUT2D eigenvalue weighted by Crippen LogP contribution is 2.23. The van der Waals surface area contributed by atoms with Gasteiger partial charge in [0.2, 0.25) is 0 Å². The Kier molecular flexibility index (Phi) is 5.88. The Balaban J connectivity index is 1.81. The average Bonchev–Trinajstić information content (AvgIpc) is 2.79. The highest BCUT2D eigenvalue weighted by Gasteiger charge is 2.24. The molecule has 1 amide bonds. The first-order valence-electron chi connectivity index (χ1n) is 10.9. The molecule has 30 heavy (non-hydrogen) atoms. The van der Waals surface area contributed by atoms with Crippen LogP contribution < -0.4 is 15.9 Å². The summed E-state index contributed by atoms with van der Waals surface area (Å²) in [6.07, 6.45) is 4.09. The van der Waals surface area contributed by atoms with Gasteiger partial charge in [-0.3, -0.25) is 9.59 Å². The molecule has 1 aliphatic rings. The van der Waals surface area contributed by atoms with Gasteiger partial charge in [-0.05, 0) is 44.2 Å². The Labute approximate surface area is 177 Å². The van der Waals surface area contributed by atoms with Gasteiger partial charge in [0.25, 0.3) is 11.5 Å². The summed E-state index contributed by atoms with van der Waals surface area (Å²) in [5.74, 6) is -0.134. The molecule has 5 heteroatoms. The number of pyridine rings is 1. The predicted molar refractivity (Wildman–Crippen MR) is 122 cm³/mol. The largest absolute Gasteiger partial charge is 0.345 e. The molecule has 1 aliphatic heterocycles. The highest BCUT2D eigenvalue weighted by molar-refractivity contribution is 6.07. The second-order valence-electron chi connectivity index (χ2n) is 7.98. The third kappa shape index (κ3) is 3.72. The minimum atomic E-state index is -0.134. The van der Waals surface area contributed by atoms with E-state index >= 15 is 0 Å². The van der Waals surface area contributed by atoms with E-state index in [0.29, 0.717) is 22.0 Å². The maximum Gasteiger partial charge on any atom is 0.277 e. The molecular weight excluding hydrogens is 374 g/mol. The Bertz CT molecular complexity index is 1100. The minimum absolute atomic E-state index is 0.0448. The van der Waals surface area contributed by atoms with Gasteiger partial charge in [-0.2, -0.15) is 0 Å². The van der Waals surface area contributed by atoms with Gasteiger partial charge in [0.1, 0.15) is 0 Å². The average molecular weight is 404 g/mol. The number of aromatic nitrogens is 1. The molecule has 1 aromatic heterocycles. The van der Waals surface area contributed by atoms with Crippen LogP contribution in [0, 0.1) is 6.92 Å². The van der Waals surface area contributed by atoms with Crippen LogP contribution in [0.25, 0.3) is 10.8 Å². The lowest BCUT2D eigenvalue weighted by atomic mass is 10.0. The van der Waals surface area contributed by atoms with Crippen molar-refractivity contribution in [3.8, 4) is 0 Å². The molecule has 1 N–H and O–H groups in total. The maximum atomic E-state index is 13.5. The number of fused-ring (bicyclic) bond motifs is 1. The fraction of sp³-hybridized carbons (Fsp3) is 0.360.